The maximum absolute atomic E-state index is 5.54. The van der Waals surface area contributed by atoms with Gasteiger partial charge in [-0.3, -0.25) is 10.1 Å². The number of pyridine rings is 1. The van der Waals surface area contributed by atoms with Crippen LogP contribution in [0.25, 0.3) is 10.9 Å². The van der Waals surface area contributed by atoms with Crippen molar-refractivity contribution in [2.45, 2.75) is 13.5 Å². The predicted octanol–water partition coefficient (Wildman–Crippen LogP) is 0.725. The summed E-state index contributed by atoms with van der Waals surface area (Å²) in [4.78, 5) is 4.17. The molecule has 0 saturated carbocycles. The summed E-state index contributed by atoms with van der Waals surface area (Å²) >= 11 is 0. The van der Waals surface area contributed by atoms with Crippen LogP contribution in [0.4, 0.5) is 0 Å². The quantitative estimate of drug-likeness (QED) is 0.649. The van der Waals surface area contributed by atoms with E-state index in [0.717, 1.165) is 22.3 Å². The van der Waals surface area contributed by atoms with E-state index < -0.39 is 0 Å². The summed E-state index contributed by atoms with van der Waals surface area (Å²) in [5.74, 6) is 0. The SMILES string of the molecule is Cc1[nH]nc2ccnc(CN)c12. The number of nitrogens with two attached hydrogens (primary N) is 1. The van der Waals surface area contributed by atoms with Crippen LogP contribution in [0, 0.1) is 6.92 Å². The van der Waals surface area contributed by atoms with Crippen LogP contribution < -0.4 is 5.73 Å². The highest BCUT2D eigenvalue weighted by atomic mass is 15.1. The molecule has 0 unspecified atom stereocenters. The molecule has 4 nitrogen and oxygen atoms in total. The standard InChI is InChI=1S/C8H10N4/c1-5-8-6(12-11-5)2-3-10-7(8)4-9/h2-3H,4,9H2,1H3,(H,11,12). The summed E-state index contributed by atoms with van der Waals surface area (Å²) < 4.78 is 0. The Labute approximate surface area is 69.8 Å². The van der Waals surface area contributed by atoms with Crippen LogP contribution in [0.15, 0.2) is 12.3 Å². The van der Waals surface area contributed by atoms with E-state index in [1.807, 2.05) is 13.0 Å². The van der Waals surface area contributed by atoms with E-state index in [0.29, 0.717) is 6.54 Å². The van der Waals surface area contributed by atoms with Gasteiger partial charge in [0.25, 0.3) is 0 Å². The average Bonchev–Trinajstić information content (AvgIpc) is 2.48. The monoisotopic (exact) mass is 162 g/mol. The molecule has 0 bridgehead atoms. The molecule has 12 heavy (non-hydrogen) atoms. The van der Waals surface area contributed by atoms with Gasteiger partial charge in [0.2, 0.25) is 0 Å². The number of H-pyrrole nitrogens is 1. The zero-order chi connectivity index (χ0) is 8.55. The van der Waals surface area contributed by atoms with E-state index in [4.69, 9.17) is 5.73 Å². The minimum Gasteiger partial charge on any atom is -0.325 e. The maximum Gasteiger partial charge on any atom is 0.0957 e. The van der Waals surface area contributed by atoms with Gasteiger partial charge in [0, 0.05) is 23.8 Å². The minimum atomic E-state index is 0.456. The second kappa shape index (κ2) is 2.57. The molecule has 0 fully saturated rings. The molecule has 2 heterocycles. The molecule has 0 spiro atoms. The molecule has 0 aliphatic carbocycles. The lowest BCUT2D eigenvalue weighted by Crippen LogP contribution is -1.99. The average molecular weight is 162 g/mol. The second-order valence-corrected chi connectivity index (χ2v) is 2.70. The number of aromatic amines is 1. The molecule has 4 heteroatoms. The van der Waals surface area contributed by atoms with Gasteiger partial charge in [-0.2, -0.15) is 5.10 Å². The summed E-state index contributed by atoms with van der Waals surface area (Å²) in [6.45, 7) is 2.42. The highest BCUT2D eigenvalue weighted by Crippen LogP contribution is 2.16. The molecule has 0 saturated heterocycles. The zero-order valence-electron chi connectivity index (χ0n) is 6.83. The molecule has 62 valence electrons. The van der Waals surface area contributed by atoms with E-state index in [9.17, 15) is 0 Å². The summed E-state index contributed by atoms with van der Waals surface area (Å²) in [5, 5.41) is 8.07. The van der Waals surface area contributed by atoms with Crippen molar-refractivity contribution in [1.29, 1.82) is 0 Å². The summed E-state index contributed by atoms with van der Waals surface area (Å²) in [6.07, 6.45) is 1.73. The first-order valence-electron chi connectivity index (χ1n) is 3.81. The predicted molar refractivity (Wildman–Crippen MR) is 46.5 cm³/mol. The Hall–Kier alpha value is -1.42. The van der Waals surface area contributed by atoms with Crippen LogP contribution in [-0.2, 0) is 6.54 Å². The molecule has 2 rings (SSSR count). The fourth-order valence-corrected chi connectivity index (χ4v) is 1.35. The molecule has 0 amide bonds. The smallest absolute Gasteiger partial charge is 0.0957 e. The highest BCUT2D eigenvalue weighted by Gasteiger charge is 2.05. The Morgan fingerprint density at radius 2 is 2.42 bits per heavy atom. The van der Waals surface area contributed by atoms with Gasteiger partial charge in [0.1, 0.15) is 0 Å². The molecule has 0 aliphatic rings. The Balaban J connectivity index is 2.84. The number of aromatic nitrogens is 3. The van der Waals surface area contributed by atoms with Crippen molar-refractivity contribution < 1.29 is 0 Å². The lowest BCUT2D eigenvalue weighted by atomic mass is 10.2. The van der Waals surface area contributed by atoms with E-state index in [1.54, 1.807) is 6.20 Å². The van der Waals surface area contributed by atoms with E-state index in [2.05, 4.69) is 15.2 Å². The first-order chi connectivity index (χ1) is 5.83. The van der Waals surface area contributed by atoms with E-state index in [1.165, 1.54) is 0 Å². The van der Waals surface area contributed by atoms with Crippen molar-refractivity contribution in [1.82, 2.24) is 15.2 Å². The lowest BCUT2D eigenvalue weighted by molar-refractivity contribution is 1.01. The van der Waals surface area contributed by atoms with Crippen LogP contribution in [0.2, 0.25) is 0 Å². The molecule has 0 aliphatic heterocycles. The van der Waals surface area contributed by atoms with E-state index in [-0.39, 0.29) is 0 Å². The Morgan fingerprint density at radius 1 is 1.58 bits per heavy atom. The van der Waals surface area contributed by atoms with Gasteiger partial charge in [-0.25, -0.2) is 0 Å². The van der Waals surface area contributed by atoms with Crippen LogP contribution >= 0.6 is 0 Å². The molecule has 2 aromatic rings. The summed E-state index contributed by atoms with van der Waals surface area (Å²) in [7, 11) is 0. The van der Waals surface area contributed by atoms with Gasteiger partial charge in [0.15, 0.2) is 0 Å². The number of nitrogens with zero attached hydrogens (tertiary/aromatic N) is 2. The Bertz CT molecular complexity index is 404. The fourth-order valence-electron chi connectivity index (χ4n) is 1.35. The number of hydrogen-bond acceptors (Lipinski definition) is 3. The van der Waals surface area contributed by atoms with Gasteiger partial charge in [-0.05, 0) is 13.0 Å². The second-order valence-electron chi connectivity index (χ2n) is 2.70. The third-order valence-corrected chi connectivity index (χ3v) is 1.92. The number of aryl methyl sites for hydroxylation is 1. The van der Waals surface area contributed by atoms with Gasteiger partial charge in [0.05, 0.1) is 11.2 Å². The van der Waals surface area contributed by atoms with Crippen molar-refractivity contribution in [3.63, 3.8) is 0 Å². The lowest BCUT2D eigenvalue weighted by Gasteiger charge is -1.96. The zero-order valence-corrected chi connectivity index (χ0v) is 6.83. The van der Waals surface area contributed by atoms with E-state index >= 15 is 0 Å². The van der Waals surface area contributed by atoms with Crippen molar-refractivity contribution in [3.05, 3.63) is 23.7 Å². The number of hydrogen-bond donors (Lipinski definition) is 2. The van der Waals surface area contributed by atoms with Gasteiger partial charge in [-0.15, -0.1) is 0 Å². The highest BCUT2D eigenvalue weighted by molar-refractivity contribution is 5.83. The van der Waals surface area contributed by atoms with Crippen molar-refractivity contribution in [2.24, 2.45) is 5.73 Å². The topological polar surface area (TPSA) is 67.6 Å². The minimum absolute atomic E-state index is 0.456. The van der Waals surface area contributed by atoms with Crippen LogP contribution in [0.3, 0.4) is 0 Å². The number of fused-ring (bicyclic) bond motifs is 1. The van der Waals surface area contributed by atoms with Gasteiger partial charge >= 0.3 is 0 Å². The van der Waals surface area contributed by atoms with Crippen molar-refractivity contribution >= 4 is 10.9 Å². The molecular weight excluding hydrogens is 152 g/mol. The first-order valence-corrected chi connectivity index (χ1v) is 3.81. The largest absolute Gasteiger partial charge is 0.325 e. The molecule has 2 aromatic heterocycles. The van der Waals surface area contributed by atoms with Crippen molar-refractivity contribution in [2.75, 3.05) is 0 Å². The van der Waals surface area contributed by atoms with Crippen LogP contribution in [0.1, 0.15) is 11.4 Å². The first kappa shape index (κ1) is 7.24. The summed E-state index contributed by atoms with van der Waals surface area (Å²) in [5.41, 5.74) is 8.40. The fraction of sp³-hybridized carbons (Fsp3) is 0.250. The molecular formula is C8H10N4. The third-order valence-electron chi connectivity index (χ3n) is 1.92. The Kier molecular flexibility index (Phi) is 1.55. The molecule has 3 N–H and O–H groups in total. The van der Waals surface area contributed by atoms with Gasteiger partial charge < -0.3 is 5.73 Å². The van der Waals surface area contributed by atoms with Crippen LogP contribution in [0.5, 0.6) is 0 Å². The Morgan fingerprint density at radius 3 is 3.17 bits per heavy atom. The molecule has 0 atom stereocenters. The molecule has 0 aromatic carbocycles. The normalized spacial score (nSPS) is 10.8. The van der Waals surface area contributed by atoms with Gasteiger partial charge in [-0.1, -0.05) is 0 Å². The van der Waals surface area contributed by atoms with Crippen molar-refractivity contribution in [3.8, 4) is 0 Å². The number of nitrogens with one attached hydrogen (secondary N) is 1. The summed E-state index contributed by atoms with van der Waals surface area (Å²) in [6, 6.07) is 1.87. The number of rotatable bonds is 1. The maximum atomic E-state index is 5.54. The van der Waals surface area contributed by atoms with Crippen LogP contribution in [-0.4, -0.2) is 15.2 Å². The third kappa shape index (κ3) is 0.887. The molecule has 0 radical (unpaired) electrons.